The van der Waals surface area contributed by atoms with Crippen molar-refractivity contribution in [1.29, 1.82) is 0 Å². The van der Waals surface area contributed by atoms with E-state index in [2.05, 4.69) is 124 Å². The zero-order valence-electron chi connectivity index (χ0n) is 18.5. The van der Waals surface area contributed by atoms with Crippen LogP contribution in [0.2, 0.25) is 0 Å². The third kappa shape index (κ3) is 2.87. The lowest BCUT2D eigenvalue weighted by Gasteiger charge is -2.08. The van der Waals surface area contributed by atoms with Crippen molar-refractivity contribution in [3.8, 4) is 27.9 Å². The minimum absolute atomic E-state index is 0.933. The second-order valence-electron chi connectivity index (χ2n) is 8.55. The maximum atomic E-state index is 4.97. The van der Waals surface area contributed by atoms with Crippen molar-refractivity contribution >= 4 is 27.8 Å². The third-order valence-corrected chi connectivity index (χ3v) is 6.56. The number of hydrogen-bond acceptors (Lipinski definition) is 1. The molecule has 7 aromatic rings. The molecule has 7 rings (SSSR count). The predicted octanol–water partition coefficient (Wildman–Crippen LogP) is 7.77. The maximum Gasteiger partial charge on any atom is 0.220 e. The van der Waals surface area contributed by atoms with Crippen LogP contribution in [-0.2, 0) is 0 Å². The Bertz CT molecular complexity index is 1770. The molecule has 34 heavy (non-hydrogen) atoms. The van der Waals surface area contributed by atoms with Crippen LogP contribution in [0.3, 0.4) is 0 Å². The van der Waals surface area contributed by atoms with Gasteiger partial charge >= 0.3 is 0 Å². The molecular formula is C31H21N3. The summed E-state index contributed by atoms with van der Waals surface area (Å²) in [5, 5.41) is 0. The molecule has 160 valence electrons. The first-order valence-corrected chi connectivity index (χ1v) is 11.5. The fraction of sp³-hybridized carbons (Fsp3) is 0. The summed E-state index contributed by atoms with van der Waals surface area (Å²) in [5.74, 6) is 0.933. The molecule has 0 radical (unpaired) electrons. The Morgan fingerprint density at radius 2 is 0.912 bits per heavy atom. The summed E-state index contributed by atoms with van der Waals surface area (Å²) < 4.78 is 4.50. The van der Waals surface area contributed by atoms with Crippen molar-refractivity contribution < 1.29 is 0 Å². The van der Waals surface area contributed by atoms with Gasteiger partial charge in [0, 0.05) is 5.69 Å². The van der Waals surface area contributed by atoms with Crippen molar-refractivity contribution in [3.63, 3.8) is 0 Å². The molecular weight excluding hydrogens is 414 g/mol. The molecule has 0 N–H and O–H groups in total. The standard InChI is InChI=1S/C31H21N3/c1-2-8-22(9-3-1)23-14-16-24(17-15-23)25-18-20-26(21-19-25)33-29-12-6-7-13-30(29)34-28-11-5-4-10-27(28)32-31(33)34/h1-21H. The molecule has 0 fully saturated rings. The zero-order valence-corrected chi connectivity index (χ0v) is 18.5. The molecule has 0 bridgehead atoms. The Morgan fingerprint density at radius 3 is 1.59 bits per heavy atom. The first-order valence-electron chi connectivity index (χ1n) is 11.5. The quantitative estimate of drug-likeness (QED) is 0.278. The zero-order chi connectivity index (χ0) is 22.5. The summed E-state index contributed by atoms with van der Waals surface area (Å²) in [6.45, 7) is 0. The van der Waals surface area contributed by atoms with Crippen LogP contribution in [0.1, 0.15) is 0 Å². The normalized spacial score (nSPS) is 11.5. The van der Waals surface area contributed by atoms with Crippen molar-refractivity contribution in [1.82, 2.24) is 14.0 Å². The Hall–Kier alpha value is -4.63. The molecule has 2 heterocycles. The number of fused-ring (bicyclic) bond motifs is 5. The number of aromatic nitrogens is 3. The van der Waals surface area contributed by atoms with Gasteiger partial charge in [0.1, 0.15) is 0 Å². The third-order valence-electron chi connectivity index (χ3n) is 6.56. The first-order chi connectivity index (χ1) is 16.9. The molecule has 0 aliphatic rings. The molecule has 0 aliphatic heterocycles. The van der Waals surface area contributed by atoms with E-state index in [1.165, 1.54) is 22.3 Å². The van der Waals surface area contributed by atoms with E-state index in [1.54, 1.807) is 0 Å². The van der Waals surface area contributed by atoms with E-state index in [4.69, 9.17) is 4.98 Å². The molecule has 0 saturated heterocycles. The fourth-order valence-corrected chi connectivity index (χ4v) is 4.89. The average molecular weight is 436 g/mol. The van der Waals surface area contributed by atoms with Gasteiger partial charge in [-0.1, -0.05) is 91.0 Å². The van der Waals surface area contributed by atoms with Gasteiger partial charge in [0.15, 0.2) is 0 Å². The van der Waals surface area contributed by atoms with Gasteiger partial charge in [-0.2, -0.15) is 0 Å². The Balaban J connectivity index is 1.33. The molecule has 0 spiro atoms. The molecule has 2 aromatic heterocycles. The molecule has 3 nitrogen and oxygen atoms in total. The van der Waals surface area contributed by atoms with Crippen LogP contribution in [0, 0.1) is 0 Å². The van der Waals surface area contributed by atoms with Gasteiger partial charge in [-0.25, -0.2) is 4.98 Å². The Labute approximate surface area is 197 Å². The van der Waals surface area contributed by atoms with Crippen LogP contribution in [0.25, 0.3) is 55.8 Å². The maximum absolute atomic E-state index is 4.97. The van der Waals surface area contributed by atoms with Crippen LogP contribution in [0.15, 0.2) is 127 Å². The molecule has 0 saturated carbocycles. The van der Waals surface area contributed by atoms with E-state index in [-0.39, 0.29) is 0 Å². The van der Waals surface area contributed by atoms with E-state index >= 15 is 0 Å². The number of rotatable bonds is 3. The highest BCUT2D eigenvalue weighted by atomic mass is 15.2. The lowest BCUT2D eigenvalue weighted by Crippen LogP contribution is -1.95. The van der Waals surface area contributed by atoms with Crippen LogP contribution in [0.5, 0.6) is 0 Å². The SMILES string of the molecule is c1ccc(-c2ccc(-c3ccc(-n4c5ccccc5n5c6ccccc6nc45)cc3)cc2)cc1. The van der Waals surface area contributed by atoms with E-state index in [0.717, 1.165) is 33.5 Å². The van der Waals surface area contributed by atoms with Gasteiger partial charge in [0.2, 0.25) is 5.78 Å². The lowest BCUT2D eigenvalue weighted by atomic mass is 10.0. The van der Waals surface area contributed by atoms with Crippen LogP contribution < -0.4 is 0 Å². The van der Waals surface area contributed by atoms with Gasteiger partial charge in [0.05, 0.1) is 22.1 Å². The average Bonchev–Trinajstić information content (AvgIpc) is 3.44. The summed E-state index contributed by atoms with van der Waals surface area (Å²) in [5.41, 5.74) is 10.4. The number of benzene rings is 5. The lowest BCUT2D eigenvalue weighted by molar-refractivity contribution is 1.11. The van der Waals surface area contributed by atoms with E-state index in [9.17, 15) is 0 Å². The molecule has 0 atom stereocenters. The van der Waals surface area contributed by atoms with Gasteiger partial charge < -0.3 is 0 Å². The van der Waals surface area contributed by atoms with E-state index in [1.807, 2.05) is 12.1 Å². The molecule has 0 unspecified atom stereocenters. The van der Waals surface area contributed by atoms with Crippen molar-refractivity contribution in [2.45, 2.75) is 0 Å². The van der Waals surface area contributed by atoms with Crippen molar-refractivity contribution in [2.75, 3.05) is 0 Å². The molecule has 0 aliphatic carbocycles. The minimum Gasteiger partial charge on any atom is -0.278 e. The van der Waals surface area contributed by atoms with Crippen LogP contribution in [-0.4, -0.2) is 14.0 Å². The minimum atomic E-state index is 0.933. The number of imidazole rings is 2. The molecule has 0 amide bonds. The van der Waals surface area contributed by atoms with Crippen molar-refractivity contribution in [2.24, 2.45) is 0 Å². The Kier molecular flexibility index (Phi) is 4.15. The smallest absolute Gasteiger partial charge is 0.220 e. The van der Waals surface area contributed by atoms with E-state index in [0.29, 0.717) is 0 Å². The predicted molar refractivity (Wildman–Crippen MR) is 140 cm³/mol. The summed E-state index contributed by atoms with van der Waals surface area (Å²) in [6.07, 6.45) is 0. The summed E-state index contributed by atoms with van der Waals surface area (Å²) >= 11 is 0. The molecule has 3 heteroatoms. The largest absolute Gasteiger partial charge is 0.278 e. The van der Waals surface area contributed by atoms with Crippen LogP contribution in [0.4, 0.5) is 0 Å². The second-order valence-corrected chi connectivity index (χ2v) is 8.55. The summed E-state index contributed by atoms with van der Waals surface area (Å²) in [4.78, 5) is 4.97. The number of nitrogens with zero attached hydrogens (tertiary/aromatic N) is 3. The number of para-hydroxylation sites is 4. The highest BCUT2D eigenvalue weighted by Gasteiger charge is 2.16. The fourth-order valence-electron chi connectivity index (χ4n) is 4.89. The Morgan fingerprint density at radius 1 is 0.412 bits per heavy atom. The highest BCUT2D eigenvalue weighted by molar-refractivity contribution is 5.92. The highest BCUT2D eigenvalue weighted by Crippen LogP contribution is 2.30. The van der Waals surface area contributed by atoms with Crippen LogP contribution >= 0.6 is 0 Å². The summed E-state index contributed by atoms with van der Waals surface area (Å²) in [7, 11) is 0. The van der Waals surface area contributed by atoms with E-state index < -0.39 is 0 Å². The first kappa shape index (κ1) is 18.9. The van der Waals surface area contributed by atoms with Gasteiger partial charge in [-0.15, -0.1) is 0 Å². The van der Waals surface area contributed by atoms with Crippen molar-refractivity contribution in [3.05, 3.63) is 127 Å². The topological polar surface area (TPSA) is 22.2 Å². The van der Waals surface area contributed by atoms with Gasteiger partial charge in [0.25, 0.3) is 0 Å². The summed E-state index contributed by atoms with van der Waals surface area (Å²) in [6, 6.07) is 44.8. The monoisotopic (exact) mass is 435 g/mol. The second kappa shape index (κ2) is 7.46. The van der Waals surface area contributed by atoms with Gasteiger partial charge in [-0.05, 0) is 58.7 Å². The van der Waals surface area contributed by atoms with Gasteiger partial charge in [-0.3, -0.25) is 8.97 Å². The molecule has 5 aromatic carbocycles. The number of hydrogen-bond donors (Lipinski definition) is 0.